The van der Waals surface area contributed by atoms with Gasteiger partial charge in [0.05, 0.1) is 6.10 Å². The second-order valence-corrected chi connectivity index (χ2v) is 14.5. The molecule has 1 saturated carbocycles. The van der Waals surface area contributed by atoms with Gasteiger partial charge in [0.25, 0.3) is 0 Å². The number of hydrogen-bond donors (Lipinski definition) is 3. The van der Waals surface area contributed by atoms with Gasteiger partial charge in [-0.25, -0.2) is 4.72 Å². The van der Waals surface area contributed by atoms with E-state index in [1.54, 1.807) is 0 Å². The molecule has 1 aromatic carbocycles. The highest BCUT2D eigenvalue weighted by atomic mass is 32.2. The number of nitrogens with zero attached hydrogens (tertiary/aromatic N) is 2. The Morgan fingerprint density at radius 1 is 1.05 bits per heavy atom. The molecule has 212 valence electrons. The molecule has 3 heterocycles. The van der Waals surface area contributed by atoms with E-state index in [0.29, 0.717) is 24.1 Å². The summed E-state index contributed by atoms with van der Waals surface area (Å²) in [4.78, 5) is 18.0. The van der Waals surface area contributed by atoms with Gasteiger partial charge >= 0.3 is 0 Å². The summed E-state index contributed by atoms with van der Waals surface area (Å²) in [5.74, 6) is 0.971. The van der Waals surface area contributed by atoms with Crippen molar-refractivity contribution < 1.29 is 9.53 Å². The topological polar surface area (TPSA) is 68.9 Å². The van der Waals surface area contributed by atoms with Crippen molar-refractivity contribution in [1.82, 2.24) is 25.2 Å². The van der Waals surface area contributed by atoms with Gasteiger partial charge in [-0.3, -0.25) is 20.3 Å². The van der Waals surface area contributed by atoms with Gasteiger partial charge < -0.3 is 9.64 Å². The van der Waals surface area contributed by atoms with E-state index < -0.39 is 0 Å². The van der Waals surface area contributed by atoms with Crippen LogP contribution in [0.15, 0.2) is 18.2 Å². The average Bonchev–Trinajstić information content (AvgIpc) is 3.03. The maximum atomic E-state index is 13.3. The fourth-order valence-corrected chi connectivity index (χ4v) is 8.00. The van der Waals surface area contributed by atoms with E-state index in [0.717, 1.165) is 32.6 Å². The SMILES string of the molecule is Cc1cccc(C)c1C1CC2NC(NSC3CCCC(C3)CN3CCN(C(=O)CC(C)(C)C)C[C@@H](C3)O2)N1. The molecule has 4 aliphatic rings. The minimum absolute atomic E-state index is 0.0101. The maximum absolute atomic E-state index is 13.3. The van der Waals surface area contributed by atoms with E-state index in [-0.39, 0.29) is 36.0 Å². The standard InChI is InChI=1S/C30H49N5O2S/c1-20-8-6-9-21(2)28(20)25-15-26-32-29(31-25)33-38-24-11-7-10-22(14-24)17-34-12-13-35(19-23(18-34)37-26)27(36)16-30(3,4)5/h6,8-9,22-26,29,31-33H,7,10-19H2,1-5H3/t22?,23-,24?,25?,26?,29?/m1/s1. The molecule has 4 fully saturated rings. The lowest BCUT2D eigenvalue weighted by atomic mass is 9.88. The minimum Gasteiger partial charge on any atom is -0.357 e. The Bertz CT molecular complexity index is 948. The fraction of sp³-hybridized carbons (Fsp3) is 0.767. The summed E-state index contributed by atoms with van der Waals surface area (Å²) in [6, 6.07) is 6.77. The molecule has 1 amide bonds. The van der Waals surface area contributed by atoms with Crippen LogP contribution in [-0.2, 0) is 9.53 Å². The molecule has 1 aromatic rings. The molecule has 3 aliphatic heterocycles. The Morgan fingerprint density at radius 2 is 1.84 bits per heavy atom. The van der Waals surface area contributed by atoms with Gasteiger partial charge in [-0.1, -0.05) is 57.3 Å². The molecule has 8 heteroatoms. The Kier molecular flexibility index (Phi) is 9.07. The Morgan fingerprint density at radius 3 is 2.61 bits per heavy atom. The Hall–Kier alpha value is -1.16. The van der Waals surface area contributed by atoms with Crippen LogP contribution in [0.25, 0.3) is 0 Å². The second-order valence-electron chi connectivity index (χ2n) is 13.3. The Balaban J connectivity index is 1.40. The number of hydrogen-bond acceptors (Lipinski definition) is 7. The number of aryl methyl sites for hydroxylation is 2. The first-order valence-corrected chi connectivity index (χ1v) is 15.7. The predicted molar refractivity (Wildman–Crippen MR) is 156 cm³/mol. The highest BCUT2D eigenvalue weighted by molar-refractivity contribution is 7.98. The van der Waals surface area contributed by atoms with Gasteiger partial charge in [0.1, 0.15) is 12.5 Å². The van der Waals surface area contributed by atoms with Crippen molar-refractivity contribution in [3.63, 3.8) is 0 Å². The normalized spacial score (nSPS) is 34.9. The van der Waals surface area contributed by atoms with Gasteiger partial charge in [0.15, 0.2) is 0 Å². The van der Waals surface area contributed by atoms with E-state index in [2.05, 4.69) is 78.0 Å². The zero-order chi connectivity index (χ0) is 26.9. The quantitative estimate of drug-likeness (QED) is 0.480. The van der Waals surface area contributed by atoms with E-state index in [9.17, 15) is 4.79 Å². The van der Waals surface area contributed by atoms with Gasteiger partial charge in [0.2, 0.25) is 5.91 Å². The third kappa shape index (κ3) is 7.32. The van der Waals surface area contributed by atoms with Crippen molar-refractivity contribution in [2.75, 3.05) is 32.7 Å². The zero-order valence-electron chi connectivity index (χ0n) is 24.1. The number of rotatable bonds is 2. The number of carbonyl (C=O) groups excluding carboxylic acids is 1. The summed E-state index contributed by atoms with van der Waals surface area (Å²) in [5, 5.41) is 8.20. The van der Waals surface area contributed by atoms with Crippen LogP contribution in [0.2, 0.25) is 0 Å². The maximum Gasteiger partial charge on any atom is 0.223 e. The molecule has 7 atom stereocenters. The molecule has 3 N–H and O–H groups in total. The predicted octanol–water partition coefficient (Wildman–Crippen LogP) is 4.31. The largest absolute Gasteiger partial charge is 0.357 e. The van der Waals surface area contributed by atoms with Crippen molar-refractivity contribution in [1.29, 1.82) is 0 Å². The van der Waals surface area contributed by atoms with E-state index in [1.165, 1.54) is 42.4 Å². The van der Waals surface area contributed by atoms with E-state index in [1.807, 2.05) is 11.9 Å². The molecule has 1 aliphatic carbocycles. The fourth-order valence-electron chi connectivity index (χ4n) is 6.88. The third-order valence-corrected chi connectivity index (χ3v) is 9.76. The van der Waals surface area contributed by atoms with Crippen LogP contribution in [-0.4, -0.2) is 72.3 Å². The van der Waals surface area contributed by atoms with Crippen LogP contribution in [0.5, 0.6) is 0 Å². The van der Waals surface area contributed by atoms with Crippen molar-refractivity contribution in [3.05, 3.63) is 34.9 Å². The molecule has 5 rings (SSSR count). The van der Waals surface area contributed by atoms with Crippen LogP contribution >= 0.6 is 11.9 Å². The smallest absolute Gasteiger partial charge is 0.223 e. The molecule has 7 nitrogen and oxygen atoms in total. The summed E-state index contributed by atoms with van der Waals surface area (Å²) < 4.78 is 10.6. The van der Waals surface area contributed by atoms with Gasteiger partial charge in [-0.05, 0) is 61.1 Å². The molecule has 0 radical (unpaired) electrons. The van der Waals surface area contributed by atoms with E-state index >= 15 is 0 Å². The minimum atomic E-state index is -0.0944. The highest BCUT2D eigenvalue weighted by Gasteiger charge is 2.36. The summed E-state index contributed by atoms with van der Waals surface area (Å²) in [7, 11) is 0. The van der Waals surface area contributed by atoms with Crippen molar-refractivity contribution in [3.8, 4) is 0 Å². The molecule has 0 aromatic heterocycles. The van der Waals surface area contributed by atoms with Crippen LogP contribution in [0.4, 0.5) is 0 Å². The number of ether oxygens (including phenoxy) is 1. The first-order chi connectivity index (χ1) is 18.1. The van der Waals surface area contributed by atoms with Crippen LogP contribution < -0.4 is 15.4 Å². The lowest BCUT2D eigenvalue weighted by Crippen LogP contribution is -2.62. The number of fused-ring (bicyclic) bond motifs is 6. The first-order valence-electron chi connectivity index (χ1n) is 14.8. The average molecular weight is 544 g/mol. The summed E-state index contributed by atoms with van der Waals surface area (Å²) in [6.45, 7) is 15.3. The highest BCUT2D eigenvalue weighted by Crippen LogP contribution is 2.34. The zero-order valence-corrected chi connectivity index (χ0v) is 24.9. The monoisotopic (exact) mass is 543 g/mol. The van der Waals surface area contributed by atoms with E-state index in [4.69, 9.17) is 4.74 Å². The van der Waals surface area contributed by atoms with Crippen LogP contribution in [0.3, 0.4) is 0 Å². The number of carbonyl (C=O) groups is 1. The summed E-state index contributed by atoms with van der Waals surface area (Å²) >= 11 is 1.91. The van der Waals surface area contributed by atoms with Crippen LogP contribution in [0, 0.1) is 25.2 Å². The molecule has 0 spiro atoms. The molecular weight excluding hydrogens is 494 g/mol. The van der Waals surface area contributed by atoms with Crippen molar-refractivity contribution in [2.45, 2.75) is 103 Å². The molecule has 6 unspecified atom stereocenters. The van der Waals surface area contributed by atoms with Crippen LogP contribution in [0.1, 0.15) is 82.0 Å². The summed E-state index contributed by atoms with van der Waals surface area (Å²) in [6.07, 6.45) is 6.43. The molecule has 38 heavy (non-hydrogen) atoms. The molecule has 6 bridgehead atoms. The number of benzene rings is 1. The second kappa shape index (κ2) is 12.1. The first kappa shape index (κ1) is 28.4. The lowest BCUT2D eigenvalue weighted by molar-refractivity contribution is -0.136. The van der Waals surface area contributed by atoms with Crippen molar-refractivity contribution in [2.24, 2.45) is 11.3 Å². The van der Waals surface area contributed by atoms with Gasteiger partial charge in [-0.15, -0.1) is 0 Å². The number of nitrogens with one attached hydrogen (secondary N) is 3. The summed E-state index contributed by atoms with van der Waals surface area (Å²) in [5.41, 5.74) is 4.01. The van der Waals surface area contributed by atoms with Gasteiger partial charge in [-0.2, -0.15) is 0 Å². The Labute approximate surface area is 234 Å². The van der Waals surface area contributed by atoms with Crippen molar-refractivity contribution >= 4 is 17.9 Å². The third-order valence-electron chi connectivity index (χ3n) is 8.63. The molecular formula is C30H49N5O2S. The van der Waals surface area contributed by atoms with Gasteiger partial charge in [0, 0.05) is 56.9 Å². The number of amides is 1. The molecule has 3 saturated heterocycles. The lowest BCUT2D eigenvalue weighted by Gasteiger charge is -2.40.